The maximum absolute atomic E-state index is 13.7. The highest BCUT2D eigenvalue weighted by atomic mass is 19.4. The minimum Gasteiger partial charge on any atom is -0.345 e. The van der Waals surface area contributed by atoms with Crippen LogP contribution in [0.2, 0.25) is 0 Å². The lowest BCUT2D eigenvalue weighted by Gasteiger charge is -2.35. The van der Waals surface area contributed by atoms with Crippen molar-refractivity contribution in [3.63, 3.8) is 0 Å². The molecule has 138 valence electrons. The molecule has 0 N–H and O–H groups in total. The van der Waals surface area contributed by atoms with Crippen LogP contribution in [0, 0.1) is 11.6 Å². The number of hydrogen-bond donors (Lipinski definition) is 0. The number of carbonyl (C=O) groups is 1. The Hall–Kier alpha value is -2.78. The molecule has 2 heterocycles. The van der Waals surface area contributed by atoms with Crippen LogP contribution in [-0.4, -0.2) is 40.4 Å². The third-order valence-corrected chi connectivity index (χ3v) is 3.95. The van der Waals surface area contributed by atoms with E-state index in [2.05, 4.69) is 9.97 Å². The Kier molecular flexibility index (Phi) is 4.75. The van der Waals surface area contributed by atoms with Crippen LogP contribution in [0.15, 0.2) is 30.6 Å². The van der Waals surface area contributed by atoms with Crippen LogP contribution in [-0.2, 0) is 17.5 Å². The minimum atomic E-state index is -4.61. The van der Waals surface area contributed by atoms with Gasteiger partial charge in [-0.25, -0.2) is 18.7 Å². The number of hydrogen-bond acceptors (Lipinski definition) is 4. The molecule has 1 amide bonds. The van der Waals surface area contributed by atoms with Gasteiger partial charge in [0, 0.05) is 31.3 Å². The van der Waals surface area contributed by atoms with Gasteiger partial charge in [-0.3, -0.25) is 4.79 Å². The Balaban J connectivity index is 1.71. The predicted octanol–water partition coefficient (Wildman–Crippen LogP) is 2.62. The molecule has 0 atom stereocenters. The van der Waals surface area contributed by atoms with Crippen molar-refractivity contribution in [1.29, 1.82) is 0 Å². The molecule has 26 heavy (non-hydrogen) atoms. The Morgan fingerprint density at radius 3 is 2.54 bits per heavy atom. The lowest BCUT2D eigenvalue weighted by Crippen LogP contribution is -2.50. The summed E-state index contributed by atoms with van der Waals surface area (Å²) in [7, 11) is 0. The molecule has 0 aliphatic carbocycles. The summed E-state index contributed by atoms with van der Waals surface area (Å²) in [5.74, 6) is -1.69. The summed E-state index contributed by atoms with van der Waals surface area (Å²) in [5, 5.41) is 0. The van der Waals surface area contributed by atoms with Crippen molar-refractivity contribution < 1.29 is 26.7 Å². The van der Waals surface area contributed by atoms with Crippen LogP contribution in [0.4, 0.5) is 27.8 Å². The monoisotopic (exact) mass is 372 g/mol. The summed E-state index contributed by atoms with van der Waals surface area (Å²) in [6, 6.07) is 3.74. The number of nitrogens with zero attached hydrogens (tertiary/aromatic N) is 4. The molecule has 1 aromatic carbocycles. The van der Waals surface area contributed by atoms with Gasteiger partial charge < -0.3 is 9.80 Å². The quantitative estimate of drug-likeness (QED) is 0.778. The first-order chi connectivity index (χ1) is 12.2. The van der Waals surface area contributed by atoms with Crippen molar-refractivity contribution in [2.24, 2.45) is 0 Å². The van der Waals surface area contributed by atoms with Gasteiger partial charge in [0.15, 0.2) is 0 Å². The van der Waals surface area contributed by atoms with Gasteiger partial charge in [0.25, 0.3) is 0 Å². The summed E-state index contributed by atoms with van der Waals surface area (Å²) >= 11 is 0. The standard InChI is InChI=1S/C16H13F5N4O/c17-11-1-2-12(18)10(5-11)7-25-4-3-24(8-15(25)26)14-6-13(16(19,20)21)22-9-23-14/h1-2,5-6,9H,3-4,7-8H2. The van der Waals surface area contributed by atoms with Gasteiger partial charge in [-0.15, -0.1) is 0 Å². The van der Waals surface area contributed by atoms with E-state index in [0.29, 0.717) is 0 Å². The summed E-state index contributed by atoms with van der Waals surface area (Å²) in [6.07, 6.45) is -3.82. The smallest absolute Gasteiger partial charge is 0.345 e. The fraction of sp³-hybridized carbons (Fsp3) is 0.312. The molecule has 2 aromatic rings. The number of aromatic nitrogens is 2. The molecule has 0 spiro atoms. The van der Waals surface area contributed by atoms with Gasteiger partial charge in [-0.2, -0.15) is 13.2 Å². The number of anilines is 1. The van der Waals surface area contributed by atoms with E-state index in [1.54, 1.807) is 0 Å². The maximum Gasteiger partial charge on any atom is 0.433 e. The predicted molar refractivity (Wildman–Crippen MR) is 81.0 cm³/mol. The highest BCUT2D eigenvalue weighted by Crippen LogP contribution is 2.29. The van der Waals surface area contributed by atoms with E-state index in [9.17, 15) is 26.7 Å². The summed E-state index contributed by atoms with van der Waals surface area (Å²) in [4.78, 5) is 21.9. The van der Waals surface area contributed by atoms with Crippen molar-refractivity contribution >= 4 is 11.7 Å². The maximum atomic E-state index is 13.7. The van der Waals surface area contributed by atoms with E-state index in [0.717, 1.165) is 30.6 Å². The number of halogens is 5. The number of piperazine rings is 1. The second-order valence-electron chi connectivity index (χ2n) is 5.73. The molecule has 5 nitrogen and oxygen atoms in total. The van der Waals surface area contributed by atoms with Crippen molar-refractivity contribution in [1.82, 2.24) is 14.9 Å². The molecule has 1 fully saturated rings. The molecular formula is C16H13F5N4O. The molecule has 1 aliphatic rings. The zero-order valence-corrected chi connectivity index (χ0v) is 13.3. The molecular weight excluding hydrogens is 359 g/mol. The Bertz CT molecular complexity index is 827. The lowest BCUT2D eigenvalue weighted by atomic mass is 10.1. The van der Waals surface area contributed by atoms with E-state index in [1.165, 1.54) is 9.80 Å². The molecule has 0 saturated carbocycles. The number of alkyl halides is 3. The first kappa shape index (κ1) is 18.0. The Morgan fingerprint density at radius 2 is 1.85 bits per heavy atom. The topological polar surface area (TPSA) is 49.3 Å². The van der Waals surface area contributed by atoms with Crippen molar-refractivity contribution in [2.75, 3.05) is 24.5 Å². The van der Waals surface area contributed by atoms with Crippen LogP contribution in [0.1, 0.15) is 11.3 Å². The van der Waals surface area contributed by atoms with Gasteiger partial charge in [-0.05, 0) is 18.2 Å². The van der Waals surface area contributed by atoms with Gasteiger partial charge in [0.05, 0.1) is 6.54 Å². The van der Waals surface area contributed by atoms with Crippen molar-refractivity contribution in [3.05, 3.63) is 53.5 Å². The highest BCUT2D eigenvalue weighted by molar-refractivity contribution is 5.82. The third kappa shape index (κ3) is 3.89. The number of rotatable bonds is 3. The fourth-order valence-electron chi connectivity index (χ4n) is 2.62. The first-order valence-corrected chi connectivity index (χ1v) is 7.60. The molecule has 1 saturated heterocycles. The zero-order valence-electron chi connectivity index (χ0n) is 13.3. The largest absolute Gasteiger partial charge is 0.433 e. The van der Waals surface area contributed by atoms with Gasteiger partial charge in [0.1, 0.15) is 29.5 Å². The van der Waals surface area contributed by atoms with Crippen molar-refractivity contribution in [2.45, 2.75) is 12.7 Å². The van der Waals surface area contributed by atoms with Crippen LogP contribution < -0.4 is 4.90 Å². The van der Waals surface area contributed by atoms with Crippen LogP contribution in [0.3, 0.4) is 0 Å². The van der Waals surface area contributed by atoms with E-state index in [1.807, 2.05) is 0 Å². The molecule has 1 aliphatic heterocycles. The Labute approximate surface area is 145 Å². The molecule has 0 radical (unpaired) electrons. The summed E-state index contributed by atoms with van der Waals surface area (Å²) < 4.78 is 65.2. The third-order valence-electron chi connectivity index (χ3n) is 3.95. The molecule has 0 bridgehead atoms. The average Bonchev–Trinajstić information content (AvgIpc) is 2.59. The van der Waals surface area contributed by atoms with Crippen LogP contribution >= 0.6 is 0 Å². The molecule has 10 heteroatoms. The van der Waals surface area contributed by atoms with Crippen LogP contribution in [0.25, 0.3) is 0 Å². The fourth-order valence-corrected chi connectivity index (χ4v) is 2.62. The van der Waals surface area contributed by atoms with E-state index < -0.39 is 29.4 Å². The van der Waals surface area contributed by atoms with Gasteiger partial charge in [-0.1, -0.05) is 0 Å². The SMILES string of the molecule is O=C1CN(c2cc(C(F)(F)F)ncn2)CCN1Cc1cc(F)ccc1F. The average molecular weight is 372 g/mol. The summed E-state index contributed by atoms with van der Waals surface area (Å²) in [5.41, 5.74) is -1.06. The van der Waals surface area contributed by atoms with Crippen molar-refractivity contribution in [3.8, 4) is 0 Å². The zero-order chi connectivity index (χ0) is 18.9. The highest BCUT2D eigenvalue weighted by Gasteiger charge is 2.34. The second-order valence-corrected chi connectivity index (χ2v) is 5.73. The number of carbonyl (C=O) groups excluding carboxylic acids is 1. The van der Waals surface area contributed by atoms with Crippen LogP contribution in [0.5, 0.6) is 0 Å². The van der Waals surface area contributed by atoms with E-state index >= 15 is 0 Å². The second kappa shape index (κ2) is 6.85. The minimum absolute atomic E-state index is 0.0164. The normalized spacial score (nSPS) is 15.5. The number of benzene rings is 1. The number of amides is 1. The first-order valence-electron chi connectivity index (χ1n) is 7.60. The van der Waals surface area contributed by atoms with E-state index in [4.69, 9.17) is 0 Å². The molecule has 0 unspecified atom stereocenters. The van der Waals surface area contributed by atoms with Gasteiger partial charge in [0.2, 0.25) is 5.91 Å². The molecule has 3 rings (SSSR count). The van der Waals surface area contributed by atoms with E-state index in [-0.39, 0.29) is 37.6 Å². The molecule has 1 aromatic heterocycles. The summed E-state index contributed by atoms with van der Waals surface area (Å²) in [6.45, 7) is 0.0101. The lowest BCUT2D eigenvalue weighted by molar-refractivity contribution is -0.141. The van der Waals surface area contributed by atoms with Gasteiger partial charge >= 0.3 is 6.18 Å². The Morgan fingerprint density at radius 1 is 1.08 bits per heavy atom.